The summed E-state index contributed by atoms with van der Waals surface area (Å²) < 4.78 is 10.3. The molecule has 1 aromatic heterocycles. The number of aromatic nitrogens is 1. The Morgan fingerprint density at radius 3 is 2.30 bits per heavy atom. The maximum atomic E-state index is 12.0. The molecule has 0 saturated heterocycles. The number of hydrogen-bond acceptors (Lipinski definition) is 5. The molecule has 3 N–H and O–H groups in total. The number of benzene rings is 1. The molecule has 0 atom stereocenters. The predicted molar refractivity (Wildman–Crippen MR) is 76.1 cm³/mol. The fraction of sp³-hybridized carbons (Fsp3) is 0.143. The first-order valence-corrected chi connectivity index (χ1v) is 5.88. The maximum Gasteiger partial charge on any atom is 0.274 e. The number of carbonyl (C=O) groups excluding carboxylic acids is 1. The normalized spacial score (nSPS) is 9.90. The highest BCUT2D eigenvalue weighted by Crippen LogP contribution is 2.26. The third kappa shape index (κ3) is 3.17. The minimum atomic E-state index is -0.333. The molecule has 0 fully saturated rings. The van der Waals surface area contributed by atoms with Crippen LogP contribution in [-0.4, -0.2) is 25.1 Å². The molecule has 1 aromatic carbocycles. The van der Waals surface area contributed by atoms with Crippen molar-refractivity contribution in [3.63, 3.8) is 0 Å². The van der Waals surface area contributed by atoms with Crippen molar-refractivity contribution in [1.29, 1.82) is 0 Å². The van der Waals surface area contributed by atoms with Gasteiger partial charge in [-0.25, -0.2) is 4.98 Å². The Balaban J connectivity index is 2.20. The van der Waals surface area contributed by atoms with E-state index >= 15 is 0 Å². The van der Waals surface area contributed by atoms with Crippen LogP contribution >= 0.6 is 0 Å². The van der Waals surface area contributed by atoms with E-state index in [1.54, 1.807) is 44.6 Å². The van der Waals surface area contributed by atoms with Gasteiger partial charge in [0.2, 0.25) is 0 Å². The molecule has 20 heavy (non-hydrogen) atoms. The molecule has 2 rings (SSSR count). The molecule has 2 aromatic rings. The minimum absolute atomic E-state index is 0.279. The first-order chi connectivity index (χ1) is 9.62. The summed E-state index contributed by atoms with van der Waals surface area (Å²) in [4.78, 5) is 16.0. The van der Waals surface area contributed by atoms with Gasteiger partial charge in [0.25, 0.3) is 5.91 Å². The van der Waals surface area contributed by atoms with Crippen molar-refractivity contribution in [2.24, 2.45) is 0 Å². The lowest BCUT2D eigenvalue weighted by Gasteiger charge is -2.09. The van der Waals surface area contributed by atoms with E-state index in [1.165, 1.54) is 6.20 Å². The Morgan fingerprint density at radius 1 is 1.15 bits per heavy atom. The monoisotopic (exact) mass is 273 g/mol. The van der Waals surface area contributed by atoms with Crippen LogP contribution in [0.1, 0.15) is 10.5 Å². The van der Waals surface area contributed by atoms with Gasteiger partial charge in [0.1, 0.15) is 17.2 Å². The molecule has 104 valence electrons. The van der Waals surface area contributed by atoms with Gasteiger partial charge in [-0.1, -0.05) is 0 Å². The van der Waals surface area contributed by atoms with Gasteiger partial charge < -0.3 is 20.5 Å². The summed E-state index contributed by atoms with van der Waals surface area (Å²) >= 11 is 0. The van der Waals surface area contributed by atoms with Gasteiger partial charge in [0, 0.05) is 23.9 Å². The summed E-state index contributed by atoms with van der Waals surface area (Å²) in [6.07, 6.45) is 1.43. The van der Waals surface area contributed by atoms with Gasteiger partial charge >= 0.3 is 0 Å². The van der Waals surface area contributed by atoms with Crippen molar-refractivity contribution in [2.75, 3.05) is 25.3 Å². The van der Waals surface area contributed by atoms with Crippen LogP contribution in [-0.2, 0) is 0 Å². The second-order valence-corrected chi connectivity index (χ2v) is 4.03. The van der Waals surface area contributed by atoms with Crippen LogP contribution in [0.3, 0.4) is 0 Å². The third-order valence-corrected chi connectivity index (χ3v) is 2.63. The Bertz CT molecular complexity index is 589. The summed E-state index contributed by atoms with van der Waals surface area (Å²) in [5.74, 6) is 0.843. The van der Waals surface area contributed by atoms with E-state index in [4.69, 9.17) is 15.2 Å². The second kappa shape index (κ2) is 5.92. The van der Waals surface area contributed by atoms with Gasteiger partial charge in [0.15, 0.2) is 0 Å². The number of anilines is 2. The molecule has 0 bridgehead atoms. The Hall–Kier alpha value is -2.76. The molecular formula is C14H15N3O3. The van der Waals surface area contributed by atoms with Gasteiger partial charge in [-0.3, -0.25) is 4.79 Å². The van der Waals surface area contributed by atoms with E-state index in [2.05, 4.69) is 10.3 Å². The number of rotatable bonds is 4. The van der Waals surface area contributed by atoms with E-state index in [1.807, 2.05) is 0 Å². The molecular weight excluding hydrogens is 258 g/mol. The molecule has 0 aliphatic carbocycles. The van der Waals surface area contributed by atoms with Crippen molar-refractivity contribution in [3.8, 4) is 11.5 Å². The van der Waals surface area contributed by atoms with Crippen LogP contribution < -0.4 is 20.5 Å². The van der Waals surface area contributed by atoms with Crippen LogP contribution in [0, 0.1) is 0 Å². The van der Waals surface area contributed by atoms with Gasteiger partial charge in [0.05, 0.1) is 26.1 Å². The average Bonchev–Trinajstić information content (AvgIpc) is 2.47. The fourth-order valence-corrected chi connectivity index (χ4v) is 1.61. The van der Waals surface area contributed by atoms with Gasteiger partial charge in [-0.05, 0) is 12.1 Å². The SMILES string of the molecule is COc1cc(NC(=O)c2ccc(N)cn2)cc(OC)c1. The highest BCUT2D eigenvalue weighted by Gasteiger charge is 2.09. The first kappa shape index (κ1) is 13.7. The number of hydrogen-bond donors (Lipinski definition) is 2. The zero-order valence-electron chi connectivity index (χ0n) is 11.2. The van der Waals surface area contributed by atoms with Crippen LogP contribution in [0.15, 0.2) is 36.5 Å². The molecule has 6 heteroatoms. The van der Waals surface area contributed by atoms with Crippen molar-refractivity contribution in [2.45, 2.75) is 0 Å². The molecule has 0 aliphatic rings. The highest BCUT2D eigenvalue weighted by atomic mass is 16.5. The number of nitrogens with one attached hydrogen (secondary N) is 1. The second-order valence-electron chi connectivity index (χ2n) is 4.03. The summed E-state index contributed by atoms with van der Waals surface area (Å²) in [5.41, 5.74) is 6.87. The quantitative estimate of drug-likeness (QED) is 0.889. The van der Waals surface area contributed by atoms with E-state index in [0.29, 0.717) is 22.9 Å². The Kier molecular flexibility index (Phi) is 4.05. The molecule has 0 unspecified atom stereocenters. The standard InChI is InChI=1S/C14H15N3O3/c1-19-11-5-10(6-12(7-11)20-2)17-14(18)13-4-3-9(15)8-16-13/h3-8H,15H2,1-2H3,(H,17,18). The molecule has 6 nitrogen and oxygen atoms in total. The van der Waals surface area contributed by atoms with E-state index in [-0.39, 0.29) is 11.6 Å². The number of amides is 1. The molecule has 1 amide bonds. The summed E-state index contributed by atoms with van der Waals surface area (Å²) in [7, 11) is 3.09. The summed E-state index contributed by atoms with van der Waals surface area (Å²) in [6, 6.07) is 8.28. The van der Waals surface area contributed by atoms with Crippen molar-refractivity contribution in [3.05, 3.63) is 42.2 Å². The maximum absolute atomic E-state index is 12.0. The molecule has 1 heterocycles. The number of nitrogen functional groups attached to an aromatic ring is 1. The zero-order chi connectivity index (χ0) is 14.5. The van der Waals surface area contributed by atoms with Crippen LogP contribution in [0.25, 0.3) is 0 Å². The summed E-state index contributed by atoms with van der Waals surface area (Å²) in [6.45, 7) is 0. The van der Waals surface area contributed by atoms with E-state index < -0.39 is 0 Å². The highest BCUT2D eigenvalue weighted by molar-refractivity contribution is 6.03. The topological polar surface area (TPSA) is 86.5 Å². The number of nitrogens with zero attached hydrogens (tertiary/aromatic N) is 1. The minimum Gasteiger partial charge on any atom is -0.497 e. The number of ether oxygens (including phenoxy) is 2. The fourth-order valence-electron chi connectivity index (χ4n) is 1.61. The Morgan fingerprint density at radius 2 is 1.80 bits per heavy atom. The van der Waals surface area contributed by atoms with Crippen LogP contribution in [0.5, 0.6) is 11.5 Å². The lowest BCUT2D eigenvalue weighted by molar-refractivity contribution is 0.102. The van der Waals surface area contributed by atoms with E-state index in [0.717, 1.165) is 0 Å². The summed E-state index contributed by atoms with van der Waals surface area (Å²) in [5, 5.41) is 2.72. The van der Waals surface area contributed by atoms with Gasteiger partial charge in [-0.2, -0.15) is 0 Å². The first-order valence-electron chi connectivity index (χ1n) is 5.88. The molecule has 0 aliphatic heterocycles. The van der Waals surface area contributed by atoms with E-state index in [9.17, 15) is 4.79 Å². The van der Waals surface area contributed by atoms with Gasteiger partial charge in [-0.15, -0.1) is 0 Å². The van der Waals surface area contributed by atoms with Crippen molar-refractivity contribution < 1.29 is 14.3 Å². The largest absolute Gasteiger partial charge is 0.497 e. The molecule has 0 radical (unpaired) electrons. The van der Waals surface area contributed by atoms with Crippen molar-refractivity contribution in [1.82, 2.24) is 4.98 Å². The predicted octanol–water partition coefficient (Wildman–Crippen LogP) is 1.93. The van der Waals surface area contributed by atoms with Crippen LogP contribution in [0.2, 0.25) is 0 Å². The Labute approximate surface area is 116 Å². The zero-order valence-corrected chi connectivity index (χ0v) is 11.2. The third-order valence-electron chi connectivity index (χ3n) is 2.63. The number of nitrogens with two attached hydrogens (primary N) is 1. The lowest BCUT2D eigenvalue weighted by Crippen LogP contribution is -2.13. The average molecular weight is 273 g/mol. The van der Waals surface area contributed by atoms with Crippen molar-refractivity contribution >= 4 is 17.3 Å². The number of pyridine rings is 1. The number of carbonyl (C=O) groups is 1. The molecule has 0 saturated carbocycles. The molecule has 0 spiro atoms. The smallest absolute Gasteiger partial charge is 0.274 e. The van der Waals surface area contributed by atoms with Crippen LogP contribution in [0.4, 0.5) is 11.4 Å². The number of methoxy groups -OCH3 is 2. The lowest BCUT2D eigenvalue weighted by atomic mass is 10.2.